The van der Waals surface area contributed by atoms with Crippen molar-refractivity contribution in [2.75, 3.05) is 31.5 Å². The van der Waals surface area contributed by atoms with Crippen LogP contribution in [0.2, 0.25) is 0 Å². The van der Waals surface area contributed by atoms with Gasteiger partial charge in [-0.2, -0.15) is 0 Å². The molecule has 7 nitrogen and oxygen atoms in total. The van der Waals surface area contributed by atoms with Crippen molar-refractivity contribution >= 4 is 40.1 Å². The number of hydrogen-bond donors (Lipinski definition) is 1. The summed E-state index contributed by atoms with van der Waals surface area (Å²) in [4.78, 5) is 30.8. The van der Waals surface area contributed by atoms with Crippen molar-refractivity contribution in [2.24, 2.45) is 4.99 Å². The van der Waals surface area contributed by atoms with Crippen LogP contribution >= 0.6 is 11.8 Å². The van der Waals surface area contributed by atoms with E-state index in [9.17, 15) is 9.59 Å². The maximum Gasteiger partial charge on any atom is 0.248 e. The average Bonchev–Trinajstić information content (AvgIpc) is 3.00. The molecule has 0 aliphatic carbocycles. The van der Waals surface area contributed by atoms with Crippen LogP contribution in [0.25, 0.3) is 0 Å². The molecular weight excluding hydrogens is 378 g/mol. The van der Waals surface area contributed by atoms with Crippen molar-refractivity contribution in [1.29, 1.82) is 0 Å². The number of methoxy groups -OCH3 is 2. The third-order valence-corrected chi connectivity index (χ3v) is 5.39. The Balaban J connectivity index is 1.73. The Kier molecular flexibility index (Phi) is 6.20. The van der Waals surface area contributed by atoms with Gasteiger partial charge in [-0.25, -0.2) is 4.90 Å². The number of imide groups is 1. The van der Waals surface area contributed by atoms with Crippen LogP contribution in [-0.4, -0.2) is 43.5 Å². The Hall–Kier alpha value is -3.00. The maximum atomic E-state index is 12.9. The summed E-state index contributed by atoms with van der Waals surface area (Å²) in [6, 6.07) is 14.3. The molecule has 1 aliphatic heterocycles. The topological polar surface area (TPSA) is 80.2 Å². The van der Waals surface area contributed by atoms with Gasteiger partial charge < -0.3 is 14.8 Å². The molecule has 146 valence electrons. The van der Waals surface area contributed by atoms with Gasteiger partial charge in [0.25, 0.3) is 0 Å². The fourth-order valence-corrected chi connectivity index (χ4v) is 3.82. The molecule has 2 amide bonds. The SMILES string of the molecule is CN=C(Nc1ccc(OC)cc1)S[C@H]1CC(=O)N(c2ccccc2OC)C1=O. The van der Waals surface area contributed by atoms with E-state index < -0.39 is 5.25 Å². The minimum absolute atomic E-state index is 0.102. The monoisotopic (exact) mass is 399 g/mol. The minimum Gasteiger partial charge on any atom is -0.497 e. The number of amidine groups is 1. The molecule has 1 N–H and O–H groups in total. The molecule has 1 atom stereocenters. The van der Waals surface area contributed by atoms with E-state index in [2.05, 4.69) is 10.3 Å². The fraction of sp³-hybridized carbons (Fsp3) is 0.250. The van der Waals surface area contributed by atoms with Crippen molar-refractivity contribution in [3.8, 4) is 11.5 Å². The number of carbonyl (C=O) groups is 2. The van der Waals surface area contributed by atoms with Crippen molar-refractivity contribution in [2.45, 2.75) is 11.7 Å². The van der Waals surface area contributed by atoms with Gasteiger partial charge in [0, 0.05) is 19.2 Å². The number of ether oxygens (including phenoxy) is 2. The van der Waals surface area contributed by atoms with Crippen LogP contribution < -0.4 is 19.7 Å². The summed E-state index contributed by atoms with van der Waals surface area (Å²) in [6.45, 7) is 0. The summed E-state index contributed by atoms with van der Waals surface area (Å²) in [7, 11) is 4.75. The highest BCUT2D eigenvalue weighted by atomic mass is 32.2. The van der Waals surface area contributed by atoms with E-state index in [-0.39, 0.29) is 18.2 Å². The number of nitrogens with one attached hydrogen (secondary N) is 1. The summed E-state index contributed by atoms with van der Waals surface area (Å²) in [5.41, 5.74) is 1.27. The number of benzene rings is 2. The highest BCUT2D eigenvalue weighted by Crippen LogP contribution is 2.35. The van der Waals surface area contributed by atoms with E-state index in [1.54, 1.807) is 38.4 Å². The number of hydrogen-bond acceptors (Lipinski definition) is 6. The Morgan fingerprint density at radius 2 is 1.82 bits per heavy atom. The van der Waals surface area contributed by atoms with Gasteiger partial charge in [-0.05, 0) is 36.4 Å². The first-order valence-corrected chi connectivity index (χ1v) is 9.49. The van der Waals surface area contributed by atoms with Crippen LogP contribution in [0.4, 0.5) is 11.4 Å². The Morgan fingerprint density at radius 1 is 1.11 bits per heavy atom. The summed E-state index contributed by atoms with van der Waals surface area (Å²) < 4.78 is 10.4. The lowest BCUT2D eigenvalue weighted by molar-refractivity contribution is -0.121. The number of para-hydroxylation sites is 2. The molecule has 28 heavy (non-hydrogen) atoms. The normalized spacial score (nSPS) is 17.0. The van der Waals surface area contributed by atoms with Gasteiger partial charge in [-0.15, -0.1) is 0 Å². The molecule has 1 heterocycles. The third kappa shape index (κ3) is 4.12. The van der Waals surface area contributed by atoms with Crippen molar-refractivity contribution in [3.05, 3.63) is 48.5 Å². The lowest BCUT2D eigenvalue weighted by atomic mass is 10.2. The van der Waals surface area contributed by atoms with Crippen LogP contribution in [0.3, 0.4) is 0 Å². The molecule has 0 bridgehead atoms. The average molecular weight is 399 g/mol. The van der Waals surface area contributed by atoms with Gasteiger partial charge >= 0.3 is 0 Å². The second-order valence-corrected chi connectivity index (χ2v) is 7.12. The smallest absolute Gasteiger partial charge is 0.248 e. The van der Waals surface area contributed by atoms with Crippen LogP contribution in [0.1, 0.15) is 6.42 Å². The van der Waals surface area contributed by atoms with Crippen LogP contribution in [0.5, 0.6) is 11.5 Å². The molecule has 0 spiro atoms. The van der Waals surface area contributed by atoms with Crippen LogP contribution in [0, 0.1) is 0 Å². The van der Waals surface area contributed by atoms with Gasteiger partial charge in [0.05, 0.1) is 19.9 Å². The Labute approximate surface area is 167 Å². The molecule has 2 aromatic carbocycles. The van der Waals surface area contributed by atoms with Gasteiger partial charge in [-0.1, -0.05) is 23.9 Å². The first-order chi connectivity index (χ1) is 13.6. The maximum absolute atomic E-state index is 12.9. The number of carbonyl (C=O) groups excluding carboxylic acids is 2. The zero-order valence-corrected chi connectivity index (χ0v) is 16.7. The number of aliphatic imine (C=N–C) groups is 1. The molecule has 0 radical (unpaired) electrons. The number of anilines is 2. The number of thioether (sulfide) groups is 1. The first-order valence-electron chi connectivity index (χ1n) is 8.61. The van der Waals surface area contributed by atoms with Crippen LogP contribution in [0.15, 0.2) is 53.5 Å². The Bertz CT molecular complexity index is 899. The summed E-state index contributed by atoms with van der Waals surface area (Å²) in [5.74, 6) is 0.692. The predicted molar refractivity (Wildman–Crippen MR) is 111 cm³/mol. The number of amides is 2. The lowest BCUT2D eigenvalue weighted by Crippen LogP contribution is -2.32. The highest BCUT2D eigenvalue weighted by molar-refractivity contribution is 8.15. The molecule has 0 saturated carbocycles. The molecule has 3 rings (SSSR count). The third-order valence-electron chi connectivity index (χ3n) is 4.23. The second-order valence-electron chi connectivity index (χ2n) is 5.93. The fourth-order valence-electron chi connectivity index (χ4n) is 2.83. The molecular formula is C20H21N3O4S. The predicted octanol–water partition coefficient (Wildman–Crippen LogP) is 3.17. The minimum atomic E-state index is -0.554. The van der Waals surface area contributed by atoms with E-state index >= 15 is 0 Å². The molecule has 1 aliphatic rings. The summed E-state index contributed by atoms with van der Waals surface area (Å²) in [6.07, 6.45) is 0.102. The molecule has 8 heteroatoms. The van der Waals surface area contributed by atoms with Crippen LogP contribution in [-0.2, 0) is 9.59 Å². The lowest BCUT2D eigenvalue weighted by Gasteiger charge is -2.18. The number of rotatable bonds is 5. The van der Waals surface area contributed by atoms with E-state index in [1.165, 1.54) is 23.8 Å². The first kappa shape index (κ1) is 19.8. The second kappa shape index (κ2) is 8.79. The zero-order valence-electron chi connectivity index (χ0n) is 15.8. The van der Waals surface area contributed by atoms with Gasteiger partial charge in [-0.3, -0.25) is 14.6 Å². The quantitative estimate of drug-likeness (QED) is 0.473. The number of nitrogens with zero attached hydrogens (tertiary/aromatic N) is 2. The molecule has 2 aromatic rings. The van der Waals surface area contributed by atoms with E-state index in [0.29, 0.717) is 16.6 Å². The largest absolute Gasteiger partial charge is 0.497 e. The molecule has 1 saturated heterocycles. The molecule has 0 unspecified atom stereocenters. The highest BCUT2D eigenvalue weighted by Gasteiger charge is 2.41. The van der Waals surface area contributed by atoms with E-state index in [1.807, 2.05) is 24.3 Å². The standard InChI is InChI=1S/C20H21N3O4S/c1-21-20(22-13-8-10-14(26-2)11-9-13)28-17-12-18(24)23(19(17)25)15-6-4-5-7-16(15)27-3/h4-11,17H,12H2,1-3H3,(H,21,22)/t17-/m0/s1. The van der Waals surface area contributed by atoms with Crippen molar-refractivity contribution in [3.63, 3.8) is 0 Å². The van der Waals surface area contributed by atoms with E-state index in [4.69, 9.17) is 9.47 Å². The molecule has 1 fully saturated rings. The van der Waals surface area contributed by atoms with Gasteiger partial charge in [0.1, 0.15) is 16.7 Å². The summed E-state index contributed by atoms with van der Waals surface area (Å²) >= 11 is 1.24. The zero-order chi connectivity index (χ0) is 20.1. The molecule has 0 aromatic heterocycles. The van der Waals surface area contributed by atoms with Crippen molar-refractivity contribution < 1.29 is 19.1 Å². The van der Waals surface area contributed by atoms with Gasteiger partial charge in [0.15, 0.2) is 5.17 Å². The summed E-state index contributed by atoms with van der Waals surface area (Å²) in [5, 5.41) is 3.17. The van der Waals surface area contributed by atoms with E-state index in [0.717, 1.165) is 11.4 Å². The van der Waals surface area contributed by atoms with Gasteiger partial charge in [0.2, 0.25) is 11.8 Å². The van der Waals surface area contributed by atoms with Crippen molar-refractivity contribution in [1.82, 2.24) is 0 Å². The Morgan fingerprint density at radius 3 is 2.46 bits per heavy atom.